The molecule has 0 aliphatic carbocycles. The second kappa shape index (κ2) is 7.48. The Morgan fingerprint density at radius 1 is 1.35 bits per heavy atom. The first kappa shape index (κ1) is 15.1. The molecule has 4 heteroatoms. The lowest BCUT2D eigenvalue weighted by Crippen LogP contribution is -2.38. The first-order chi connectivity index (χ1) is 9.72. The minimum atomic E-state index is 0.254. The number of rotatable bonds is 6. The van der Waals surface area contributed by atoms with E-state index in [-0.39, 0.29) is 5.91 Å². The number of hydrogen-bond donors (Lipinski definition) is 1. The van der Waals surface area contributed by atoms with Gasteiger partial charge in [-0.2, -0.15) is 0 Å². The van der Waals surface area contributed by atoms with Crippen LogP contribution in [0.4, 0.5) is 0 Å². The molecule has 1 aromatic heterocycles. The molecule has 1 N–H and O–H groups in total. The Balaban J connectivity index is 1.95. The summed E-state index contributed by atoms with van der Waals surface area (Å²) in [6, 6.07) is 4.43. The average Bonchev–Trinajstić information content (AvgIpc) is 2.94. The Hall–Kier alpha value is -1.29. The summed E-state index contributed by atoms with van der Waals surface area (Å²) in [6.45, 7) is 7.66. The summed E-state index contributed by atoms with van der Waals surface area (Å²) >= 11 is 0. The van der Waals surface area contributed by atoms with E-state index in [1.807, 2.05) is 17.2 Å². The third kappa shape index (κ3) is 3.85. The molecular weight excluding hydrogens is 250 g/mol. The largest absolute Gasteiger partial charge is 0.341 e. The molecule has 2 heterocycles. The van der Waals surface area contributed by atoms with Gasteiger partial charge in [-0.05, 0) is 51.3 Å². The molecule has 0 aromatic carbocycles. The van der Waals surface area contributed by atoms with Gasteiger partial charge in [-0.1, -0.05) is 6.92 Å². The second-order valence-electron chi connectivity index (χ2n) is 5.68. The summed E-state index contributed by atoms with van der Waals surface area (Å²) in [7, 11) is 0. The van der Waals surface area contributed by atoms with Crippen LogP contribution in [0.15, 0.2) is 18.3 Å². The highest BCUT2D eigenvalue weighted by atomic mass is 16.2. The highest BCUT2D eigenvalue weighted by molar-refractivity contribution is 5.76. The first-order valence-corrected chi connectivity index (χ1v) is 7.88. The number of hydrogen-bond acceptors (Lipinski definition) is 2. The van der Waals surface area contributed by atoms with Gasteiger partial charge in [-0.15, -0.1) is 0 Å². The van der Waals surface area contributed by atoms with Crippen molar-refractivity contribution in [3.63, 3.8) is 0 Å². The molecule has 1 saturated heterocycles. The van der Waals surface area contributed by atoms with Crippen molar-refractivity contribution in [3.05, 3.63) is 24.0 Å². The molecule has 4 nitrogen and oxygen atoms in total. The Morgan fingerprint density at radius 2 is 2.10 bits per heavy atom. The molecule has 0 radical (unpaired) electrons. The summed E-state index contributed by atoms with van der Waals surface area (Å²) in [5.74, 6) is 0.254. The lowest BCUT2D eigenvalue weighted by atomic mass is 10.1. The van der Waals surface area contributed by atoms with Crippen molar-refractivity contribution >= 4 is 5.91 Å². The van der Waals surface area contributed by atoms with E-state index >= 15 is 0 Å². The molecule has 1 aliphatic heterocycles. The second-order valence-corrected chi connectivity index (χ2v) is 5.68. The van der Waals surface area contributed by atoms with Crippen LogP contribution in [0.5, 0.6) is 0 Å². The van der Waals surface area contributed by atoms with Crippen LogP contribution in [0.2, 0.25) is 0 Å². The van der Waals surface area contributed by atoms with Crippen molar-refractivity contribution in [1.29, 1.82) is 0 Å². The number of carbonyl (C=O) groups is 1. The molecule has 1 atom stereocenters. The van der Waals surface area contributed by atoms with Gasteiger partial charge in [0.1, 0.15) is 6.54 Å². The van der Waals surface area contributed by atoms with E-state index in [4.69, 9.17) is 0 Å². The third-order valence-corrected chi connectivity index (χ3v) is 4.02. The van der Waals surface area contributed by atoms with Crippen LogP contribution in [-0.2, 0) is 11.3 Å². The van der Waals surface area contributed by atoms with Gasteiger partial charge in [0.15, 0.2) is 0 Å². The Labute approximate surface area is 122 Å². The fourth-order valence-corrected chi connectivity index (χ4v) is 2.82. The molecule has 1 amide bonds. The van der Waals surface area contributed by atoms with E-state index in [2.05, 4.69) is 29.8 Å². The number of amides is 1. The number of nitrogens with zero attached hydrogens (tertiary/aromatic N) is 2. The Morgan fingerprint density at radius 3 is 2.80 bits per heavy atom. The highest BCUT2D eigenvalue weighted by Crippen LogP contribution is 2.15. The molecule has 0 saturated carbocycles. The number of likely N-dealkylation sites (tertiary alicyclic amines) is 1. The van der Waals surface area contributed by atoms with Crippen LogP contribution in [0, 0.1) is 0 Å². The molecule has 1 unspecified atom stereocenters. The zero-order valence-corrected chi connectivity index (χ0v) is 12.8. The van der Waals surface area contributed by atoms with Crippen molar-refractivity contribution in [1.82, 2.24) is 14.8 Å². The summed E-state index contributed by atoms with van der Waals surface area (Å²) in [4.78, 5) is 14.4. The number of aromatic nitrogens is 1. The number of carbonyl (C=O) groups excluding carboxylic acids is 1. The van der Waals surface area contributed by atoms with Crippen LogP contribution >= 0.6 is 0 Å². The van der Waals surface area contributed by atoms with Gasteiger partial charge in [0.05, 0.1) is 0 Å². The van der Waals surface area contributed by atoms with Gasteiger partial charge in [0, 0.05) is 31.0 Å². The lowest BCUT2D eigenvalue weighted by Gasteiger charge is -2.27. The molecule has 20 heavy (non-hydrogen) atoms. The van der Waals surface area contributed by atoms with Crippen LogP contribution in [-0.4, -0.2) is 35.0 Å². The molecule has 0 spiro atoms. The molecule has 0 bridgehead atoms. The lowest BCUT2D eigenvalue weighted by molar-refractivity contribution is -0.132. The first-order valence-electron chi connectivity index (χ1n) is 7.88. The predicted octanol–water partition coefficient (Wildman–Crippen LogP) is 2.56. The van der Waals surface area contributed by atoms with E-state index in [1.54, 1.807) is 0 Å². The predicted molar refractivity (Wildman–Crippen MR) is 81.6 cm³/mol. The average molecular weight is 277 g/mol. The van der Waals surface area contributed by atoms with Gasteiger partial charge in [-0.3, -0.25) is 4.79 Å². The topological polar surface area (TPSA) is 37.3 Å². The van der Waals surface area contributed by atoms with Gasteiger partial charge in [0.2, 0.25) is 5.91 Å². The van der Waals surface area contributed by atoms with Crippen molar-refractivity contribution < 1.29 is 4.79 Å². The fraction of sp³-hybridized carbons (Fsp3) is 0.688. The summed E-state index contributed by atoms with van der Waals surface area (Å²) in [5, 5.41) is 3.48. The van der Waals surface area contributed by atoms with Gasteiger partial charge >= 0.3 is 0 Å². The number of nitrogens with one attached hydrogen (secondary N) is 1. The Bertz CT molecular complexity index is 421. The maximum atomic E-state index is 12.3. The third-order valence-electron chi connectivity index (χ3n) is 4.02. The van der Waals surface area contributed by atoms with Gasteiger partial charge < -0.3 is 14.8 Å². The monoisotopic (exact) mass is 277 g/mol. The van der Waals surface area contributed by atoms with Gasteiger partial charge in [-0.25, -0.2) is 0 Å². The van der Waals surface area contributed by atoms with Gasteiger partial charge in [0.25, 0.3) is 0 Å². The quantitative estimate of drug-likeness (QED) is 0.867. The Kier molecular flexibility index (Phi) is 5.65. The minimum absolute atomic E-state index is 0.254. The van der Waals surface area contributed by atoms with E-state index in [9.17, 15) is 4.79 Å². The van der Waals surface area contributed by atoms with E-state index < -0.39 is 0 Å². The molecule has 2 rings (SSSR count). The summed E-state index contributed by atoms with van der Waals surface area (Å²) in [5.41, 5.74) is 1.20. The molecule has 112 valence electrons. The highest BCUT2D eigenvalue weighted by Gasteiger charge is 2.18. The summed E-state index contributed by atoms with van der Waals surface area (Å²) in [6.07, 6.45) is 6.70. The number of piperidine rings is 1. The normalized spacial score (nSPS) is 17.2. The van der Waals surface area contributed by atoms with E-state index in [1.165, 1.54) is 12.1 Å². The van der Waals surface area contributed by atoms with E-state index in [0.717, 1.165) is 38.9 Å². The maximum Gasteiger partial charge on any atom is 0.242 e. The van der Waals surface area contributed by atoms with E-state index in [0.29, 0.717) is 12.6 Å². The van der Waals surface area contributed by atoms with Crippen LogP contribution < -0.4 is 5.32 Å². The standard InChI is InChI=1S/C16H27N3O/c1-3-9-17-14(2)15-8-7-12-19(15)13-16(20)18-10-5-4-6-11-18/h7-8,12,14,17H,3-6,9-11,13H2,1-2H3. The smallest absolute Gasteiger partial charge is 0.242 e. The van der Waals surface area contributed by atoms with Crippen LogP contribution in [0.1, 0.15) is 51.3 Å². The fourth-order valence-electron chi connectivity index (χ4n) is 2.82. The van der Waals surface area contributed by atoms with Crippen LogP contribution in [0.25, 0.3) is 0 Å². The molecule has 1 aromatic rings. The summed E-state index contributed by atoms with van der Waals surface area (Å²) < 4.78 is 2.09. The zero-order valence-electron chi connectivity index (χ0n) is 12.8. The van der Waals surface area contributed by atoms with Crippen molar-refractivity contribution in [3.8, 4) is 0 Å². The van der Waals surface area contributed by atoms with Crippen molar-refractivity contribution in [2.75, 3.05) is 19.6 Å². The van der Waals surface area contributed by atoms with Crippen molar-refractivity contribution in [2.45, 2.75) is 52.1 Å². The molecular formula is C16H27N3O. The molecule has 1 fully saturated rings. The SMILES string of the molecule is CCCNC(C)c1cccn1CC(=O)N1CCCCC1. The zero-order chi connectivity index (χ0) is 14.4. The minimum Gasteiger partial charge on any atom is -0.341 e. The molecule has 1 aliphatic rings. The maximum absolute atomic E-state index is 12.3. The van der Waals surface area contributed by atoms with Crippen molar-refractivity contribution in [2.24, 2.45) is 0 Å². The van der Waals surface area contributed by atoms with Crippen LogP contribution in [0.3, 0.4) is 0 Å².